The van der Waals surface area contributed by atoms with Crippen molar-refractivity contribution in [3.63, 3.8) is 0 Å². The summed E-state index contributed by atoms with van der Waals surface area (Å²) >= 11 is 0. The Morgan fingerprint density at radius 3 is 2.69 bits per heavy atom. The smallest absolute Gasteiger partial charge is 0.234 e. The van der Waals surface area contributed by atoms with E-state index in [1.807, 2.05) is 30.0 Å². The number of aryl methyl sites for hydroxylation is 1. The molecule has 1 aromatic rings. The Morgan fingerprint density at radius 2 is 2.12 bits per heavy atom. The molecule has 0 fully saturated rings. The summed E-state index contributed by atoms with van der Waals surface area (Å²) in [5, 5.41) is 0. The van der Waals surface area contributed by atoms with Gasteiger partial charge in [-0.1, -0.05) is 36.7 Å². The summed E-state index contributed by atoms with van der Waals surface area (Å²) in [6, 6.07) is 8.24. The predicted molar refractivity (Wildman–Crippen MR) is 70.5 cm³/mol. The highest BCUT2D eigenvalue weighted by atomic mass is 15.0. The third kappa shape index (κ3) is 2.89. The van der Waals surface area contributed by atoms with Gasteiger partial charge < -0.3 is 0 Å². The monoisotopic (exact) mass is 215 g/mol. The molecule has 1 aromatic carbocycles. The fourth-order valence-electron chi connectivity index (χ4n) is 1.44. The fourth-order valence-corrected chi connectivity index (χ4v) is 1.44. The zero-order valence-corrected chi connectivity index (χ0v) is 10.3. The van der Waals surface area contributed by atoms with Crippen LogP contribution in [0.15, 0.2) is 42.0 Å². The molecule has 0 bridgehead atoms. The number of hydrogen-bond donors (Lipinski definition) is 0. The van der Waals surface area contributed by atoms with E-state index < -0.39 is 0 Å². The van der Waals surface area contributed by atoms with Crippen LogP contribution in [0.3, 0.4) is 0 Å². The summed E-state index contributed by atoms with van der Waals surface area (Å²) in [6.07, 6.45) is 4.62. The second-order valence-corrected chi connectivity index (χ2v) is 3.65. The van der Waals surface area contributed by atoms with E-state index in [2.05, 4.69) is 37.6 Å². The number of benzene rings is 1. The average Bonchev–Trinajstić information content (AvgIpc) is 2.31. The molecule has 0 aliphatic rings. The summed E-state index contributed by atoms with van der Waals surface area (Å²) in [4.78, 5) is 4.49. The first-order valence-electron chi connectivity index (χ1n) is 5.51. The van der Waals surface area contributed by atoms with Crippen molar-refractivity contribution < 1.29 is 4.58 Å². The van der Waals surface area contributed by atoms with E-state index >= 15 is 0 Å². The van der Waals surface area contributed by atoms with Crippen LogP contribution >= 0.6 is 0 Å². The van der Waals surface area contributed by atoms with Crippen molar-refractivity contribution >= 4 is 12.1 Å². The van der Waals surface area contributed by atoms with Gasteiger partial charge >= 0.3 is 5.84 Å². The SMILES string of the molecule is C=C/[N+](C)=C(\N=C/CC)c1ccccc1C. The second-order valence-electron chi connectivity index (χ2n) is 3.65. The number of amidine groups is 1. The van der Waals surface area contributed by atoms with Crippen LogP contribution in [-0.4, -0.2) is 23.7 Å². The Bertz CT molecular complexity index is 428. The summed E-state index contributed by atoms with van der Waals surface area (Å²) in [6.45, 7) is 7.94. The molecule has 0 unspecified atom stereocenters. The van der Waals surface area contributed by atoms with Crippen LogP contribution < -0.4 is 0 Å². The maximum Gasteiger partial charge on any atom is 0.329 e. The standard InChI is InChI=1S/C14H19N2/c1-5-11-15-14(16(4)6-2)13-10-8-7-9-12(13)3/h6-11H,2,5H2,1,3-4H3/q+1. The highest BCUT2D eigenvalue weighted by Gasteiger charge is 2.13. The van der Waals surface area contributed by atoms with Gasteiger partial charge in [-0.05, 0) is 18.6 Å². The van der Waals surface area contributed by atoms with Gasteiger partial charge in [-0.2, -0.15) is 0 Å². The van der Waals surface area contributed by atoms with Crippen molar-refractivity contribution in [1.29, 1.82) is 0 Å². The van der Waals surface area contributed by atoms with E-state index in [4.69, 9.17) is 0 Å². The summed E-state index contributed by atoms with van der Waals surface area (Å²) in [5.41, 5.74) is 2.37. The van der Waals surface area contributed by atoms with Crippen LogP contribution in [0.25, 0.3) is 0 Å². The van der Waals surface area contributed by atoms with E-state index in [1.54, 1.807) is 6.20 Å². The molecule has 0 aromatic heterocycles. The van der Waals surface area contributed by atoms with Crippen molar-refractivity contribution in [1.82, 2.24) is 0 Å². The molecule has 0 spiro atoms. The van der Waals surface area contributed by atoms with Gasteiger partial charge in [0.05, 0.1) is 18.8 Å². The molecule has 2 heteroatoms. The van der Waals surface area contributed by atoms with E-state index in [0.29, 0.717) is 0 Å². The lowest BCUT2D eigenvalue weighted by Crippen LogP contribution is -2.13. The minimum absolute atomic E-state index is 0.931. The molecule has 0 atom stereocenters. The van der Waals surface area contributed by atoms with Crippen LogP contribution in [0.5, 0.6) is 0 Å². The first-order valence-corrected chi connectivity index (χ1v) is 5.51. The number of nitrogens with zero attached hydrogens (tertiary/aromatic N) is 2. The zero-order valence-electron chi connectivity index (χ0n) is 10.3. The lowest BCUT2D eigenvalue weighted by molar-refractivity contribution is -0.421. The van der Waals surface area contributed by atoms with Crippen molar-refractivity contribution in [3.8, 4) is 0 Å². The maximum absolute atomic E-state index is 4.49. The molecule has 0 amide bonds. The molecule has 1 rings (SSSR count). The van der Waals surface area contributed by atoms with Gasteiger partial charge in [-0.15, -0.1) is 0 Å². The van der Waals surface area contributed by atoms with Gasteiger partial charge in [-0.3, -0.25) is 0 Å². The van der Waals surface area contributed by atoms with Gasteiger partial charge in [0, 0.05) is 6.42 Å². The molecule has 0 aliphatic heterocycles. The summed E-state index contributed by atoms with van der Waals surface area (Å²) < 4.78 is 1.94. The van der Waals surface area contributed by atoms with Crippen molar-refractivity contribution in [2.45, 2.75) is 20.3 Å². The van der Waals surface area contributed by atoms with Crippen LogP contribution in [0.1, 0.15) is 24.5 Å². The molecule has 0 aliphatic carbocycles. The Balaban J connectivity index is 3.28. The van der Waals surface area contributed by atoms with Crippen molar-refractivity contribution in [2.24, 2.45) is 4.99 Å². The van der Waals surface area contributed by atoms with Gasteiger partial charge in [0.25, 0.3) is 0 Å². The molecule has 84 valence electrons. The van der Waals surface area contributed by atoms with Crippen LogP contribution in [0, 0.1) is 6.92 Å². The lowest BCUT2D eigenvalue weighted by Gasteiger charge is -2.01. The van der Waals surface area contributed by atoms with Crippen LogP contribution in [0.4, 0.5) is 0 Å². The van der Waals surface area contributed by atoms with E-state index in [1.165, 1.54) is 5.56 Å². The largest absolute Gasteiger partial charge is 0.329 e. The second kappa shape index (κ2) is 6.01. The Kier molecular flexibility index (Phi) is 4.65. The van der Waals surface area contributed by atoms with Gasteiger partial charge in [0.1, 0.15) is 6.21 Å². The zero-order chi connectivity index (χ0) is 12.0. The number of hydrogen-bond acceptors (Lipinski definition) is 0. The Labute approximate surface area is 97.7 Å². The van der Waals surface area contributed by atoms with Crippen LogP contribution in [-0.2, 0) is 0 Å². The minimum atomic E-state index is 0.931. The van der Waals surface area contributed by atoms with E-state index in [9.17, 15) is 0 Å². The van der Waals surface area contributed by atoms with E-state index in [-0.39, 0.29) is 0 Å². The highest BCUT2D eigenvalue weighted by molar-refractivity contribution is 6.00. The first kappa shape index (κ1) is 12.4. The minimum Gasteiger partial charge on any atom is -0.234 e. The van der Waals surface area contributed by atoms with Crippen LogP contribution in [0.2, 0.25) is 0 Å². The highest BCUT2D eigenvalue weighted by Crippen LogP contribution is 2.09. The fraction of sp³-hybridized carbons (Fsp3) is 0.286. The molecule has 0 N–H and O–H groups in total. The molecule has 2 nitrogen and oxygen atoms in total. The summed E-state index contributed by atoms with van der Waals surface area (Å²) in [7, 11) is 1.96. The molecule has 0 heterocycles. The van der Waals surface area contributed by atoms with Gasteiger partial charge in [0.15, 0.2) is 0 Å². The number of aliphatic imine (C=N–C) groups is 1. The molecule has 0 saturated heterocycles. The van der Waals surface area contributed by atoms with Crippen molar-refractivity contribution in [3.05, 3.63) is 48.2 Å². The van der Waals surface area contributed by atoms with Crippen molar-refractivity contribution in [2.75, 3.05) is 7.05 Å². The first-order chi connectivity index (χ1) is 7.70. The maximum atomic E-state index is 4.49. The number of rotatable bonds is 3. The molecular formula is C14H19N2+. The summed E-state index contributed by atoms with van der Waals surface area (Å²) in [5.74, 6) is 0.940. The van der Waals surface area contributed by atoms with E-state index in [0.717, 1.165) is 17.8 Å². The van der Waals surface area contributed by atoms with Gasteiger partial charge in [0.2, 0.25) is 0 Å². The third-order valence-electron chi connectivity index (χ3n) is 2.39. The Hall–Kier alpha value is -1.70. The van der Waals surface area contributed by atoms with Gasteiger partial charge in [-0.25, -0.2) is 4.58 Å². The normalized spacial score (nSPS) is 12.7. The predicted octanol–water partition coefficient (Wildman–Crippen LogP) is 3.01. The molecule has 0 radical (unpaired) electrons. The lowest BCUT2D eigenvalue weighted by atomic mass is 10.1. The topological polar surface area (TPSA) is 15.4 Å². The Morgan fingerprint density at radius 1 is 1.44 bits per heavy atom. The molecule has 0 saturated carbocycles. The average molecular weight is 215 g/mol. The molecular weight excluding hydrogens is 196 g/mol. The quantitative estimate of drug-likeness (QED) is 0.418. The molecule has 16 heavy (non-hydrogen) atoms. The third-order valence-corrected chi connectivity index (χ3v) is 2.39.